The monoisotopic (exact) mass is 1430 g/mol. The first-order chi connectivity index (χ1) is 47.1. The second-order valence-electron chi connectivity index (χ2n) is 28.3. The van der Waals surface area contributed by atoms with Gasteiger partial charge in [0.2, 0.25) is 70.9 Å². The van der Waals surface area contributed by atoms with E-state index in [4.69, 9.17) is 18.0 Å². The summed E-state index contributed by atoms with van der Waals surface area (Å²) in [5.41, 5.74) is -0.749. The van der Waals surface area contributed by atoms with Crippen molar-refractivity contribution in [1.29, 1.82) is 0 Å². The molecule has 3 heterocycles. The van der Waals surface area contributed by atoms with Crippen LogP contribution >= 0.6 is 11.6 Å². The van der Waals surface area contributed by atoms with Crippen molar-refractivity contribution in [2.75, 3.05) is 82.1 Å². The van der Waals surface area contributed by atoms with Crippen molar-refractivity contribution in [3.63, 3.8) is 0 Å². The van der Waals surface area contributed by atoms with E-state index in [-0.39, 0.29) is 89.1 Å². The maximum atomic E-state index is 15.0. The molecule has 558 valence electrons. The summed E-state index contributed by atoms with van der Waals surface area (Å²) in [5, 5.41) is 7.94. The summed E-state index contributed by atoms with van der Waals surface area (Å²) in [5.74, 6) is -5.76. The quantitative estimate of drug-likeness (QED) is 0.207. The first-order valence-corrected chi connectivity index (χ1v) is 36.1. The summed E-state index contributed by atoms with van der Waals surface area (Å²) in [6.07, 6.45) is 8.41. The zero-order valence-electron chi connectivity index (χ0n) is 61.1. The molecule has 0 radical (unpaired) electrons. The van der Waals surface area contributed by atoms with Crippen LogP contribution in [-0.4, -0.2) is 251 Å². The Morgan fingerprint density at radius 3 is 1.88 bits per heavy atom. The lowest BCUT2D eigenvalue weighted by molar-refractivity contribution is -0.154. The zero-order chi connectivity index (χ0) is 74.6. The van der Waals surface area contributed by atoms with Crippen LogP contribution in [0.1, 0.15) is 181 Å². The Kier molecular flexibility index (Phi) is 32.0. The van der Waals surface area contributed by atoms with Crippen LogP contribution in [0.2, 0.25) is 5.02 Å². The van der Waals surface area contributed by atoms with Crippen molar-refractivity contribution in [3.05, 3.63) is 34.3 Å². The maximum absolute atomic E-state index is 15.0. The van der Waals surface area contributed by atoms with Gasteiger partial charge >= 0.3 is 6.18 Å². The van der Waals surface area contributed by atoms with Gasteiger partial charge in [0.1, 0.15) is 54.4 Å². The largest absolute Gasteiger partial charge is 0.417 e. The number of benzene rings is 1. The Morgan fingerprint density at radius 2 is 1.28 bits per heavy atom. The van der Waals surface area contributed by atoms with Gasteiger partial charge in [-0.1, -0.05) is 90.8 Å². The molecule has 24 nitrogen and oxygen atoms in total. The van der Waals surface area contributed by atoms with Crippen molar-refractivity contribution in [2.24, 2.45) is 17.8 Å². The van der Waals surface area contributed by atoms with E-state index in [0.717, 1.165) is 60.5 Å². The standard InChI is InChI=1S/C72H110ClF3N12O12/c1-15-27-55-69(98)86(14)58(70(99)87-37-24-19-25-38-87)43-61(91)83(11)56(40-45(4)5)64(93)79-62(46(6)16-2)71(100)81(9)47(7)65(94)84(12)53(17-3)68(97)85(13)57(42-48-28-20-18-21-29-48)67(96)80(8)44-59(89)78-52(35-33-49-32-34-50(51(73)41-49)72(74,75)76)66(95)88-39-26-30-54(88)63(92)77-36-23-22-31-60(90)82(55)10/h1,32,34,41,45-48,52-58,62H,16-31,33,35-40,42-44H2,2-14H3,(H,77,92)(H,78,89)(H,79,93)/t46-,47-,52-,53-,54-,55-,56?,57-,58?,62-/m0/s1. The number of nitrogens with zero attached hydrogens (tertiary/aromatic N) is 9. The van der Waals surface area contributed by atoms with Crippen molar-refractivity contribution >= 4 is 82.5 Å². The highest BCUT2D eigenvalue weighted by atomic mass is 35.5. The second kappa shape index (κ2) is 38.5. The third kappa shape index (κ3) is 22.0. The Morgan fingerprint density at radius 1 is 0.660 bits per heavy atom. The average Bonchev–Trinajstić information content (AvgIpc) is 1.02. The number of hydrogen-bond acceptors (Lipinski definition) is 12. The SMILES string of the molecule is C#CC[C@H]1C(=O)N(C)C(C(=O)N2CCCCC2)CC(=O)N(C)C(CC(C)C)C(=O)N[C@@H]([C@@H](C)CC)C(=O)N(C)[C@@H](C)C(=O)N(C)[C@@H](CC)C(=O)N(C)[C@@H](CC2CCCCC2)C(=O)N(C)CC(=O)N[C@@H](CCc2ccc(C(F)(F)F)c(Cl)c2)C(=O)N2CCC[C@H]2C(=O)NCCCCC(=O)N1C. The van der Waals surface area contributed by atoms with Crippen LogP contribution in [0, 0.1) is 30.1 Å². The van der Waals surface area contributed by atoms with Crippen LogP contribution in [0.5, 0.6) is 0 Å². The Labute approximate surface area is 594 Å². The van der Waals surface area contributed by atoms with Crippen LogP contribution in [0.4, 0.5) is 13.2 Å². The first-order valence-electron chi connectivity index (χ1n) is 35.7. The lowest BCUT2D eigenvalue weighted by atomic mass is 9.84. The van der Waals surface area contributed by atoms with Crippen LogP contribution in [0.15, 0.2) is 18.2 Å². The molecule has 1 aromatic carbocycles. The number of piperidine rings is 1. The van der Waals surface area contributed by atoms with Crippen molar-refractivity contribution < 1.29 is 70.7 Å². The summed E-state index contributed by atoms with van der Waals surface area (Å²) in [6, 6.07) is -7.86. The topological polar surface area (TPSA) is 270 Å². The number of rotatable bonds is 12. The molecule has 3 N–H and O–H groups in total. The normalized spacial score (nSPS) is 26.4. The molecule has 4 aliphatic rings. The molecule has 1 aromatic rings. The number of likely N-dealkylation sites (tertiary alicyclic amines) is 1. The molecule has 5 rings (SSSR count). The van der Waals surface area contributed by atoms with Crippen molar-refractivity contribution in [3.8, 4) is 12.3 Å². The van der Waals surface area contributed by atoms with E-state index in [1.54, 1.807) is 18.7 Å². The second-order valence-corrected chi connectivity index (χ2v) is 28.7. The molecular formula is C72H110ClF3N12O12. The number of terminal acetylenes is 1. The lowest BCUT2D eigenvalue weighted by Gasteiger charge is -2.39. The molecule has 1 aliphatic carbocycles. The number of likely N-dealkylation sites (N-methyl/N-ethyl adjacent to an activating group) is 7. The minimum atomic E-state index is -4.74. The molecular weight excluding hydrogens is 1320 g/mol. The van der Waals surface area contributed by atoms with Gasteiger partial charge in [-0.15, -0.1) is 12.3 Å². The molecule has 12 amide bonds. The van der Waals surface area contributed by atoms with Crippen LogP contribution in [0.3, 0.4) is 0 Å². The van der Waals surface area contributed by atoms with E-state index in [9.17, 15) is 65.9 Å². The summed E-state index contributed by atoms with van der Waals surface area (Å²) < 4.78 is 41.3. The highest BCUT2D eigenvalue weighted by molar-refractivity contribution is 6.31. The number of fused-ring (bicyclic) bond motifs is 1. The number of carbonyl (C=O) groups is 12. The molecule has 28 heteroatoms. The van der Waals surface area contributed by atoms with Crippen LogP contribution in [-0.2, 0) is 70.1 Å². The molecule has 10 atom stereocenters. The van der Waals surface area contributed by atoms with Crippen LogP contribution in [0.25, 0.3) is 0 Å². The summed E-state index contributed by atoms with van der Waals surface area (Å²) in [4.78, 5) is 187. The fourth-order valence-corrected chi connectivity index (χ4v) is 14.3. The summed E-state index contributed by atoms with van der Waals surface area (Å²) >= 11 is 6.11. The van der Waals surface area contributed by atoms with Gasteiger partial charge < -0.3 is 60.0 Å². The average molecular weight is 1430 g/mol. The number of amides is 12. The van der Waals surface area contributed by atoms with Gasteiger partial charge in [0.05, 0.1) is 23.6 Å². The number of alkyl halides is 3. The van der Waals surface area contributed by atoms with Gasteiger partial charge in [0, 0.05) is 88.4 Å². The van der Waals surface area contributed by atoms with E-state index >= 15 is 4.79 Å². The van der Waals surface area contributed by atoms with E-state index < -0.39 is 161 Å². The fraction of sp³-hybridized carbons (Fsp3) is 0.722. The highest BCUT2D eigenvalue weighted by Crippen LogP contribution is 2.36. The molecule has 0 bridgehead atoms. The van der Waals surface area contributed by atoms with Crippen molar-refractivity contribution in [1.82, 2.24) is 60.0 Å². The number of halogens is 4. The molecule has 2 unspecified atom stereocenters. The van der Waals surface area contributed by atoms with Gasteiger partial charge in [-0.05, 0) is 119 Å². The van der Waals surface area contributed by atoms with E-state index in [1.165, 1.54) is 91.7 Å². The van der Waals surface area contributed by atoms with Gasteiger partial charge in [-0.3, -0.25) is 57.5 Å². The minimum Gasteiger partial charge on any atom is -0.354 e. The summed E-state index contributed by atoms with van der Waals surface area (Å²) in [6.45, 7) is 10.8. The van der Waals surface area contributed by atoms with Gasteiger partial charge in [-0.25, -0.2) is 0 Å². The lowest BCUT2D eigenvalue weighted by Crippen LogP contribution is -2.60. The first kappa shape index (κ1) is 83.2. The van der Waals surface area contributed by atoms with Crippen molar-refractivity contribution in [2.45, 2.75) is 237 Å². The molecule has 4 fully saturated rings. The van der Waals surface area contributed by atoms with E-state index in [1.807, 2.05) is 20.8 Å². The van der Waals surface area contributed by atoms with Gasteiger partial charge in [-0.2, -0.15) is 13.2 Å². The van der Waals surface area contributed by atoms with Gasteiger partial charge in [0.25, 0.3) is 0 Å². The van der Waals surface area contributed by atoms with Gasteiger partial charge in [0.15, 0.2) is 0 Å². The highest BCUT2D eigenvalue weighted by Gasteiger charge is 2.45. The molecule has 0 spiro atoms. The number of nitrogens with one attached hydrogen (secondary N) is 3. The van der Waals surface area contributed by atoms with E-state index in [2.05, 4.69) is 21.9 Å². The predicted molar refractivity (Wildman–Crippen MR) is 372 cm³/mol. The fourth-order valence-electron chi connectivity index (χ4n) is 14.0. The van der Waals surface area contributed by atoms with Crippen LogP contribution < -0.4 is 16.0 Å². The Balaban J connectivity index is 1.55. The number of hydrogen-bond donors (Lipinski definition) is 3. The molecule has 3 saturated heterocycles. The summed E-state index contributed by atoms with van der Waals surface area (Å²) in [7, 11) is 9.88. The minimum absolute atomic E-state index is 0.0100. The van der Waals surface area contributed by atoms with E-state index in [0.29, 0.717) is 44.3 Å². The number of aryl methyl sites for hydroxylation is 1. The molecule has 100 heavy (non-hydrogen) atoms. The Hall–Kier alpha value is -7.50. The Bertz CT molecular complexity index is 3100. The maximum Gasteiger partial charge on any atom is 0.417 e. The predicted octanol–water partition coefficient (Wildman–Crippen LogP) is 5.89. The zero-order valence-corrected chi connectivity index (χ0v) is 61.8. The third-order valence-electron chi connectivity index (χ3n) is 20.8. The molecule has 3 aliphatic heterocycles. The third-order valence-corrected chi connectivity index (χ3v) is 21.1. The number of carbonyl (C=O) groups excluding carboxylic acids is 12. The molecule has 0 aromatic heterocycles. The molecule has 1 saturated carbocycles. The smallest absolute Gasteiger partial charge is 0.354 e.